The van der Waals surface area contributed by atoms with Gasteiger partial charge in [-0.25, -0.2) is 18.2 Å². The molecule has 1 heterocycles. The Kier molecular flexibility index (Phi) is 10.1. The summed E-state index contributed by atoms with van der Waals surface area (Å²) in [6.07, 6.45) is 4.07. The number of esters is 2. The highest BCUT2D eigenvalue weighted by molar-refractivity contribution is 7.89. The quantitative estimate of drug-likeness (QED) is 0.168. The molecule has 0 aliphatic rings. The molecule has 1 aromatic heterocycles. The molecule has 2 N–H and O–H groups in total. The van der Waals surface area contributed by atoms with Gasteiger partial charge in [0.1, 0.15) is 11.8 Å². The summed E-state index contributed by atoms with van der Waals surface area (Å²) >= 11 is 0. The Labute approximate surface area is 280 Å². The number of hydrogen-bond donors (Lipinski definition) is 2. The second-order valence-electron chi connectivity index (χ2n) is 11.7. The summed E-state index contributed by atoms with van der Waals surface area (Å²) in [7, 11) is -2.85. The molecule has 0 aliphatic heterocycles. The van der Waals surface area contributed by atoms with E-state index in [1.165, 1.54) is 31.4 Å². The molecule has 0 spiro atoms. The molecule has 10 nitrogen and oxygen atoms in total. The van der Waals surface area contributed by atoms with Crippen molar-refractivity contribution < 1.29 is 32.6 Å². The van der Waals surface area contributed by atoms with Crippen LogP contribution in [0.25, 0.3) is 5.69 Å². The average molecular weight is 668 g/mol. The number of imidazole rings is 1. The predicted octanol–water partition coefficient (Wildman–Crippen LogP) is 5.82. The molecule has 2 unspecified atom stereocenters. The van der Waals surface area contributed by atoms with Gasteiger partial charge in [0, 0.05) is 29.2 Å². The first-order valence-corrected chi connectivity index (χ1v) is 16.7. The van der Waals surface area contributed by atoms with Gasteiger partial charge in [-0.3, -0.25) is 4.79 Å². The Morgan fingerprint density at radius 1 is 0.896 bits per heavy atom. The molecular formula is C37H37N3O7S. The third kappa shape index (κ3) is 7.64. The van der Waals surface area contributed by atoms with Gasteiger partial charge in [0.05, 0.1) is 23.9 Å². The van der Waals surface area contributed by atoms with Gasteiger partial charge in [0.15, 0.2) is 6.10 Å². The van der Waals surface area contributed by atoms with Gasteiger partial charge in [0.25, 0.3) is 0 Å². The minimum atomic E-state index is -4.16. The molecule has 248 valence electrons. The van der Waals surface area contributed by atoms with E-state index in [-0.39, 0.29) is 17.1 Å². The van der Waals surface area contributed by atoms with Crippen molar-refractivity contribution in [3.05, 3.63) is 142 Å². The fourth-order valence-electron chi connectivity index (χ4n) is 5.60. The first-order chi connectivity index (χ1) is 22.9. The number of aromatic hydroxyl groups is 1. The van der Waals surface area contributed by atoms with E-state index >= 15 is 0 Å². The van der Waals surface area contributed by atoms with Crippen LogP contribution in [0.2, 0.25) is 0 Å². The standard InChI is InChI=1S/C37H37N3O7S/c1-23-6-14-31(15-7-23)48(44,45)39-33(20-27-9-12-30(41)13-10-27)37(43)47-35(34-25(3)18-28(19-26(34)4)36(42)46-5)32-21-29(11-8-24(32)2)40-17-16-38-22-40/h6-19,21-22,33,35,39,41H,20H2,1-5H3. The zero-order chi connectivity index (χ0) is 34.6. The Morgan fingerprint density at radius 2 is 1.56 bits per heavy atom. The van der Waals surface area contributed by atoms with Crippen LogP contribution in [-0.4, -0.2) is 48.2 Å². The molecule has 0 saturated carbocycles. The summed E-state index contributed by atoms with van der Waals surface area (Å²) in [5.74, 6) is -1.28. The zero-order valence-corrected chi connectivity index (χ0v) is 28.1. The van der Waals surface area contributed by atoms with Gasteiger partial charge in [-0.1, -0.05) is 35.9 Å². The molecular weight excluding hydrogens is 630 g/mol. The van der Waals surface area contributed by atoms with Crippen LogP contribution >= 0.6 is 0 Å². The van der Waals surface area contributed by atoms with Crippen molar-refractivity contribution in [2.75, 3.05) is 7.11 Å². The van der Waals surface area contributed by atoms with Crippen LogP contribution in [0.3, 0.4) is 0 Å². The zero-order valence-electron chi connectivity index (χ0n) is 27.3. The molecule has 48 heavy (non-hydrogen) atoms. The van der Waals surface area contributed by atoms with Crippen molar-refractivity contribution >= 4 is 22.0 Å². The summed E-state index contributed by atoms with van der Waals surface area (Å²) in [6, 6.07) is 20.2. The van der Waals surface area contributed by atoms with Crippen LogP contribution in [0.1, 0.15) is 55.4 Å². The lowest BCUT2D eigenvalue weighted by molar-refractivity contribution is -0.149. The summed E-state index contributed by atoms with van der Waals surface area (Å²) in [5, 5.41) is 9.83. The van der Waals surface area contributed by atoms with E-state index < -0.39 is 34.1 Å². The highest BCUT2D eigenvalue weighted by Crippen LogP contribution is 2.36. The average Bonchev–Trinajstić information content (AvgIpc) is 3.60. The molecule has 0 radical (unpaired) electrons. The fraction of sp³-hybridized carbons (Fsp3) is 0.216. The first-order valence-electron chi connectivity index (χ1n) is 15.2. The van der Waals surface area contributed by atoms with Crippen LogP contribution in [0.5, 0.6) is 5.75 Å². The topological polar surface area (TPSA) is 137 Å². The molecule has 11 heteroatoms. The summed E-state index contributed by atoms with van der Waals surface area (Å²) in [5.41, 5.74) is 6.09. The molecule has 5 aromatic rings. The van der Waals surface area contributed by atoms with E-state index in [1.807, 2.05) is 50.5 Å². The third-order valence-electron chi connectivity index (χ3n) is 8.15. The number of aromatic nitrogens is 2. The lowest BCUT2D eigenvalue weighted by Crippen LogP contribution is -2.43. The van der Waals surface area contributed by atoms with E-state index in [0.717, 1.165) is 16.8 Å². The molecule has 2 atom stereocenters. The number of phenolic OH excluding ortho intramolecular Hbond substituents is 1. The van der Waals surface area contributed by atoms with Crippen molar-refractivity contribution in [3.63, 3.8) is 0 Å². The molecule has 0 fully saturated rings. The van der Waals surface area contributed by atoms with Gasteiger partial charge in [-0.2, -0.15) is 4.72 Å². The number of carbonyl (C=O) groups is 2. The third-order valence-corrected chi connectivity index (χ3v) is 9.64. The summed E-state index contributed by atoms with van der Waals surface area (Å²) in [4.78, 5) is 30.9. The Hall–Kier alpha value is -5.26. The normalized spacial score (nSPS) is 12.7. The van der Waals surface area contributed by atoms with Gasteiger partial charge in [-0.05, 0) is 105 Å². The number of nitrogens with one attached hydrogen (secondary N) is 1. The second kappa shape index (κ2) is 14.2. The number of hydrogen-bond acceptors (Lipinski definition) is 8. The molecule has 0 bridgehead atoms. The number of sulfonamides is 1. The highest BCUT2D eigenvalue weighted by atomic mass is 32.2. The van der Waals surface area contributed by atoms with Crippen LogP contribution in [0.15, 0.2) is 102 Å². The number of aryl methyl sites for hydroxylation is 4. The van der Waals surface area contributed by atoms with Crippen LogP contribution < -0.4 is 4.72 Å². The Bertz CT molecular complexity index is 2020. The Morgan fingerprint density at radius 3 is 2.17 bits per heavy atom. The first kappa shape index (κ1) is 34.1. The van der Waals surface area contributed by atoms with Gasteiger partial charge >= 0.3 is 11.9 Å². The molecule has 0 amide bonds. The second-order valence-corrected chi connectivity index (χ2v) is 13.4. The largest absolute Gasteiger partial charge is 0.508 e. The van der Waals surface area contributed by atoms with Gasteiger partial charge < -0.3 is 19.1 Å². The van der Waals surface area contributed by atoms with Crippen molar-refractivity contribution in [1.29, 1.82) is 0 Å². The number of benzene rings is 4. The van der Waals surface area contributed by atoms with E-state index in [1.54, 1.807) is 55.1 Å². The maximum absolute atomic E-state index is 14.3. The number of phenols is 1. The van der Waals surface area contributed by atoms with E-state index in [4.69, 9.17) is 9.47 Å². The van der Waals surface area contributed by atoms with Crippen molar-refractivity contribution in [1.82, 2.24) is 14.3 Å². The van der Waals surface area contributed by atoms with Crippen LogP contribution in [0, 0.1) is 27.7 Å². The van der Waals surface area contributed by atoms with Crippen molar-refractivity contribution in [3.8, 4) is 11.4 Å². The minimum absolute atomic E-state index is 0.00196. The number of methoxy groups -OCH3 is 1. The van der Waals surface area contributed by atoms with E-state index in [0.29, 0.717) is 33.4 Å². The lowest BCUT2D eigenvalue weighted by atomic mass is 9.89. The molecule has 4 aromatic carbocycles. The van der Waals surface area contributed by atoms with Gasteiger partial charge in [0.2, 0.25) is 10.0 Å². The monoisotopic (exact) mass is 667 g/mol. The SMILES string of the molecule is COC(=O)c1cc(C)c(C(OC(=O)C(Cc2ccc(O)cc2)NS(=O)(=O)c2ccc(C)cc2)c2cc(-n3ccnc3)ccc2C)c(C)c1. The predicted molar refractivity (Wildman–Crippen MR) is 181 cm³/mol. The maximum atomic E-state index is 14.3. The Balaban J connectivity index is 1.61. The smallest absolute Gasteiger partial charge is 0.337 e. The number of carbonyl (C=O) groups excluding carboxylic acids is 2. The number of nitrogens with zero attached hydrogens (tertiary/aromatic N) is 2. The fourth-order valence-corrected chi connectivity index (χ4v) is 6.78. The maximum Gasteiger partial charge on any atom is 0.337 e. The minimum Gasteiger partial charge on any atom is -0.508 e. The summed E-state index contributed by atoms with van der Waals surface area (Å²) in [6.45, 7) is 7.38. The van der Waals surface area contributed by atoms with Crippen molar-refractivity contribution in [2.24, 2.45) is 0 Å². The summed E-state index contributed by atoms with van der Waals surface area (Å²) < 4.78 is 42.9. The van der Waals surface area contributed by atoms with Crippen LogP contribution in [0.4, 0.5) is 0 Å². The molecule has 0 aliphatic carbocycles. The lowest BCUT2D eigenvalue weighted by Gasteiger charge is -2.27. The van der Waals surface area contributed by atoms with Gasteiger partial charge in [-0.15, -0.1) is 0 Å². The van der Waals surface area contributed by atoms with Crippen molar-refractivity contribution in [2.45, 2.75) is 51.2 Å². The molecule has 5 rings (SSSR count). The number of rotatable bonds is 11. The highest BCUT2D eigenvalue weighted by Gasteiger charge is 2.32. The van der Waals surface area contributed by atoms with E-state index in [2.05, 4.69) is 9.71 Å². The number of ether oxygens (including phenoxy) is 2. The van der Waals surface area contributed by atoms with Crippen LogP contribution in [-0.2, 0) is 30.7 Å². The molecule has 0 saturated heterocycles. The van der Waals surface area contributed by atoms with E-state index in [9.17, 15) is 23.1 Å².